The summed E-state index contributed by atoms with van der Waals surface area (Å²) in [5.74, 6) is 0.0628. The van der Waals surface area contributed by atoms with Crippen LogP contribution in [0.25, 0.3) is 0 Å². The first kappa shape index (κ1) is 12.6. The first-order valence-electron chi connectivity index (χ1n) is 5.65. The number of nitrogens with zero attached hydrogens (tertiary/aromatic N) is 2. The molecule has 0 unspecified atom stereocenters. The van der Waals surface area contributed by atoms with Crippen LogP contribution in [0.15, 0.2) is 40.9 Å². The van der Waals surface area contributed by atoms with Crippen molar-refractivity contribution in [2.45, 2.75) is 13.5 Å². The largest absolute Gasteiger partial charge is 0.440 e. The molecule has 0 fully saturated rings. The highest BCUT2D eigenvalue weighted by atomic mass is 35.5. The summed E-state index contributed by atoms with van der Waals surface area (Å²) in [6.07, 6.45) is 1.71. The second kappa shape index (κ2) is 5.69. The van der Waals surface area contributed by atoms with Crippen molar-refractivity contribution >= 4 is 17.5 Å². The van der Waals surface area contributed by atoms with Crippen LogP contribution >= 0.6 is 11.6 Å². The minimum absolute atomic E-state index is 0.185. The molecule has 0 bridgehead atoms. The fraction of sp³-hybridized carbons (Fsp3) is 0.231. The summed E-state index contributed by atoms with van der Waals surface area (Å²) in [6.45, 7) is 2.94. The van der Waals surface area contributed by atoms with Gasteiger partial charge in [-0.15, -0.1) is 0 Å². The molecular weight excluding hydrogens is 252 g/mol. The van der Waals surface area contributed by atoms with Gasteiger partial charge in [0.2, 0.25) is 0 Å². The number of carbonyl (C=O) groups excluding carboxylic acids is 1. The monoisotopic (exact) mass is 264 g/mol. The highest BCUT2D eigenvalue weighted by Gasteiger charge is 2.18. The highest BCUT2D eigenvalue weighted by molar-refractivity contribution is 6.29. The third kappa shape index (κ3) is 2.90. The Balaban J connectivity index is 2.12. The van der Waals surface area contributed by atoms with Gasteiger partial charge in [0.1, 0.15) is 0 Å². The summed E-state index contributed by atoms with van der Waals surface area (Å²) >= 11 is 5.66. The SMILES string of the molecule is CCN(Cc1ccccn1)C(=O)c1ccc(Cl)o1. The Labute approximate surface area is 110 Å². The maximum absolute atomic E-state index is 12.1. The summed E-state index contributed by atoms with van der Waals surface area (Å²) in [7, 11) is 0. The molecule has 18 heavy (non-hydrogen) atoms. The van der Waals surface area contributed by atoms with E-state index in [-0.39, 0.29) is 16.9 Å². The number of rotatable bonds is 4. The molecule has 1 amide bonds. The molecular formula is C13H13ClN2O2. The van der Waals surface area contributed by atoms with Gasteiger partial charge in [-0.3, -0.25) is 9.78 Å². The molecule has 0 N–H and O–H groups in total. The van der Waals surface area contributed by atoms with E-state index in [4.69, 9.17) is 16.0 Å². The van der Waals surface area contributed by atoms with Gasteiger partial charge >= 0.3 is 0 Å². The summed E-state index contributed by atoms with van der Waals surface area (Å²) in [5.41, 5.74) is 0.838. The minimum Gasteiger partial charge on any atom is -0.440 e. The molecule has 2 aromatic rings. The molecule has 0 saturated carbocycles. The van der Waals surface area contributed by atoms with Gasteiger partial charge in [0, 0.05) is 12.7 Å². The lowest BCUT2D eigenvalue weighted by molar-refractivity contribution is 0.0718. The van der Waals surface area contributed by atoms with Gasteiger partial charge in [0.05, 0.1) is 12.2 Å². The van der Waals surface area contributed by atoms with Crippen molar-refractivity contribution in [3.8, 4) is 0 Å². The van der Waals surface area contributed by atoms with Crippen LogP contribution in [-0.2, 0) is 6.54 Å². The molecule has 0 aromatic carbocycles. The van der Waals surface area contributed by atoms with E-state index in [1.807, 2.05) is 25.1 Å². The van der Waals surface area contributed by atoms with Crippen LogP contribution in [0.5, 0.6) is 0 Å². The lowest BCUT2D eigenvalue weighted by Crippen LogP contribution is -2.30. The average molecular weight is 265 g/mol. The van der Waals surface area contributed by atoms with Crippen molar-refractivity contribution in [2.24, 2.45) is 0 Å². The summed E-state index contributed by atoms with van der Waals surface area (Å²) in [6, 6.07) is 8.75. The lowest BCUT2D eigenvalue weighted by Gasteiger charge is -2.18. The maximum atomic E-state index is 12.1. The zero-order valence-corrected chi connectivity index (χ0v) is 10.7. The van der Waals surface area contributed by atoms with Gasteiger partial charge in [0.25, 0.3) is 5.91 Å². The third-order valence-corrected chi connectivity index (χ3v) is 2.74. The molecule has 0 aliphatic carbocycles. The fourth-order valence-corrected chi connectivity index (χ4v) is 1.75. The lowest BCUT2D eigenvalue weighted by atomic mass is 10.3. The van der Waals surface area contributed by atoms with Crippen LogP contribution in [0.2, 0.25) is 5.22 Å². The molecule has 0 radical (unpaired) electrons. The molecule has 2 heterocycles. The highest BCUT2D eigenvalue weighted by Crippen LogP contribution is 2.16. The quantitative estimate of drug-likeness (QED) is 0.853. The number of aromatic nitrogens is 1. The van der Waals surface area contributed by atoms with Crippen molar-refractivity contribution in [2.75, 3.05) is 6.54 Å². The molecule has 0 aliphatic rings. The molecule has 0 spiro atoms. The van der Waals surface area contributed by atoms with Crippen LogP contribution in [0.1, 0.15) is 23.2 Å². The van der Waals surface area contributed by atoms with E-state index in [1.54, 1.807) is 23.2 Å². The van der Waals surface area contributed by atoms with E-state index in [2.05, 4.69) is 4.98 Å². The minimum atomic E-state index is -0.185. The number of hydrogen-bond donors (Lipinski definition) is 0. The predicted molar refractivity (Wildman–Crippen MR) is 68.4 cm³/mol. The van der Waals surface area contributed by atoms with E-state index < -0.39 is 0 Å². The molecule has 0 atom stereocenters. The molecule has 2 aromatic heterocycles. The number of carbonyl (C=O) groups is 1. The maximum Gasteiger partial charge on any atom is 0.289 e. The fourth-order valence-electron chi connectivity index (χ4n) is 1.60. The average Bonchev–Trinajstić information content (AvgIpc) is 2.83. The molecule has 4 nitrogen and oxygen atoms in total. The van der Waals surface area contributed by atoms with Gasteiger partial charge in [-0.2, -0.15) is 0 Å². The van der Waals surface area contributed by atoms with Crippen LogP contribution < -0.4 is 0 Å². The Morgan fingerprint density at radius 2 is 2.22 bits per heavy atom. The molecule has 0 saturated heterocycles. The standard InChI is InChI=1S/C13H13ClN2O2/c1-2-16(9-10-5-3-4-8-15-10)13(17)11-6-7-12(14)18-11/h3-8H,2,9H2,1H3. The Morgan fingerprint density at radius 3 is 2.78 bits per heavy atom. The Hall–Kier alpha value is -1.81. The number of hydrogen-bond acceptors (Lipinski definition) is 3. The second-order valence-electron chi connectivity index (χ2n) is 3.74. The van der Waals surface area contributed by atoms with Crippen molar-refractivity contribution in [1.29, 1.82) is 0 Å². The first-order chi connectivity index (χ1) is 8.70. The van der Waals surface area contributed by atoms with Crippen LogP contribution in [0, 0.1) is 0 Å². The van der Waals surface area contributed by atoms with Crippen molar-refractivity contribution in [1.82, 2.24) is 9.88 Å². The topological polar surface area (TPSA) is 46.3 Å². The van der Waals surface area contributed by atoms with Gasteiger partial charge in [-0.05, 0) is 42.8 Å². The van der Waals surface area contributed by atoms with Crippen molar-refractivity contribution < 1.29 is 9.21 Å². The van der Waals surface area contributed by atoms with E-state index in [0.29, 0.717) is 13.1 Å². The number of furan rings is 1. The Morgan fingerprint density at radius 1 is 1.39 bits per heavy atom. The Bertz CT molecular complexity index is 525. The molecule has 94 valence electrons. The number of halogens is 1. The van der Waals surface area contributed by atoms with E-state index >= 15 is 0 Å². The summed E-state index contributed by atoms with van der Waals surface area (Å²) < 4.78 is 5.12. The van der Waals surface area contributed by atoms with E-state index in [1.165, 1.54) is 0 Å². The van der Waals surface area contributed by atoms with Gasteiger partial charge in [-0.25, -0.2) is 0 Å². The Kier molecular flexibility index (Phi) is 3.99. The number of pyridine rings is 1. The molecule has 2 rings (SSSR count). The summed E-state index contributed by atoms with van der Waals surface area (Å²) in [4.78, 5) is 18.0. The third-order valence-electron chi connectivity index (χ3n) is 2.53. The van der Waals surface area contributed by atoms with Crippen molar-refractivity contribution in [3.63, 3.8) is 0 Å². The number of amides is 1. The van der Waals surface area contributed by atoms with E-state index in [0.717, 1.165) is 5.69 Å². The smallest absolute Gasteiger partial charge is 0.289 e. The zero-order valence-electron chi connectivity index (χ0n) is 9.97. The van der Waals surface area contributed by atoms with Crippen LogP contribution in [0.4, 0.5) is 0 Å². The van der Waals surface area contributed by atoms with Gasteiger partial charge in [0.15, 0.2) is 11.0 Å². The predicted octanol–water partition coefficient (Wildman–Crippen LogP) is 2.99. The van der Waals surface area contributed by atoms with E-state index in [9.17, 15) is 4.79 Å². The second-order valence-corrected chi connectivity index (χ2v) is 4.12. The van der Waals surface area contributed by atoms with Crippen LogP contribution in [-0.4, -0.2) is 22.3 Å². The molecule has 5 heteroatoms. The zero-order chi connectivity index (χ0) is 13.0. The molecule has 0 aliphatic heterocycles. The normalized spacial score (nSPS) is 10.3. The van der Waals surface area contributed by atoms with Gasteiger partial charge in [-0.1, -0.05) is 6.07 Å². The first-order valence-corrected chi connectivity index (χ1v) is 6.03. The van der Waals surface area contributed by atoms with Crippen LogP contribution in [0.3, 0.4) is 0 Å². The van der Waals surface area contributed by atoms with Crippen molar-refractivity contribution in [3.05, 3.63) is 53.2 Å². The summed E-state index contributed by atoms with van der Waals surface area (Å²) in [5, 5.41) is 0.215. The van der Waals surface area contributed by atoms with Gasteiger partial charge < -0.3 is 9.32 Å².